The molecule has 9 rings (SSSR count). The summed E-state index contributed by atoms with van der Waals surface area (Å²) in [6.45, 7) is 16.3. The molecule has 5 heterocycles. The lowest BCUT2D eigenvalue weighted by atomic mass is 9.83. The molecular formula is C57H72IN7O6. The predicted octanol–water partition coefficient (Wildman–Crippen LogP) is 8.55. The third-order valence-corrected chi connectivity index (χ3v) is 16.9. The molecule has 378 valence electrons. The Labute approximate surface area is 433 Å². The van der Waals surface area contributed by atoms with Gasteiger partial charge in [0.05, 0.1) is 30.0 Å². The Balaban J connectivity index is 1.09. The molecule has 2 N–H and O–H groups in total. The van der Waals surface area contributed by atoms with Crippen molar-refractivity contribution < 1.29 is 29.0 Å². The van der Waals surface area contributed by atoms with E-state index in [1.165, 1.54) is 22.8 Å². The molecular weight excluding hydrogens is 1010 g/mol. The van der Waals surface area contributed by atoms with E-state index in [9.17, 15) is 14.7 Å². The number of hydrazine groups is 1. The monoisotopic (exact) mass is 1080 g/mol. The van der Waals surface area contributed by atoms with Crippen LogP contribution in [0.4, 0.5) is 0 Å². The molecule has 2 saturated heterocycles. The fourth-order valence-corrected chi connectivity index (χ4v) is 12.9. The highest BCUT2D eigenvalue weighted by Crippen LogP contribution is 2.44. The van der Waals surface area contributed by atoms with E-state index in [4.69, 9.17) is 4.74 Å². The van der Waals surface area contributed by atoms with Crippen molar-refractivity contribution in [2.75, 3.05) is 53.9 Å². The second kappa shape index (κ2) is 20.5. The number of halogens is 1. The summed E-state index contributed by atoms with van der Waals surface area (Å²) in [4.78, 5) is 64.9. The lowest BCUT2D eigenvalue weighted by Crippen LogP contribution is -2.57. The standard InChI is InChI=1S/C57H72IN7O6/c1-9-50(67)62-32-41(57(5,58)34-62)31-61(8)51(37-16-11-12-17-37)54(69)64-33-49(64)45-26-36-24-40(27-42(66)25-36)38-21-22-48-44(28-38)46(52(63(48)10-2)43-19-14-13-18-39(43)30-60(6)7)29-56(3,4)35-71-55(70)47-20-15-23-65(59-47)53(45)68/h9,13-14,18-19,21-22,24-25,27-28,33,37,41,45,47,51,59,66H,1,10-12,15-17,20,23,26,29-32,34-35H2,2-8H3/t41-,45?,47+,51+,57-,64?/m1/s1. The summed E-state index contributed by atoms with van der Waals surface area (Å²) in [5.74, 6) is -1.17. The molecule has 14 heteroatoms. The van der Waals surface area contributed by atoms with Crippen molar-refractivity contribution in [1.29, 1.82) is 0 Å². The van der Waals surface area contributed by atoms with Crippen LogP contribution in [-0.2, 0) is 49.8 Å². The maximum absolute atomic E-state index is 15.1. The maximum atomic E-state index is 15.1. The second-order valence-electron chi connectivity index (χ2n) is 22.2. The summed E-state index contributed by atoms with van der Waals surface area (Å²) in [5, 5.41) is 14.2. The first-order valence-corrected chi connectivity index (χ1v) is 26.7. The van der Waals surface area contributed by atoms with Gasteiger partial charge in [-0.2, -0.15) is 0 Å². The number of nitrogens with zero attached hydrogens (tertiary/aromatic N) is 6. The molecule has 5 aliphatic rings. The summed E-state index contributed by atoms with van der Waals surface area (Å²) in [5.41, 5.74) is 11.8. The highest BCUT2D eigenvalue weighted by atomic mass is 127. The fourth-order valence-electron chi connectivity index (χ4n) is 12.1. The van der Waals surface area contributed by atoms with Gasteiger partial charge in [0.25, 0.3) is 0 Å². The number of nitrogens with one attached hydrogen (secondary N) is 1. The number of amides is 3. The summed E-state index contributed by atoms with van der Waals surface area (Å²) in [6.07, 6.45) is 9.16. The molecule has 3 aromatic carbocycles. The summed E-state index contributed by atoms with van der Waals surface area (Å²) < 4.78 is 8.44. The predicted molar refractivity (Wildman–Crippen MR) is 287 cm³/mol. The van der Waals surface area contributed by atoms with Crippen LogP contribution >= 0.6 is 22.6 Å². The summed E-state index contributed by atoms with van der Waals surface area (Å²) >= 11 is 2.47. The van der Waals surface area contributed by atoms with E-state index >= 15 is 9.59 Å². The smallest absolute Gasteiger partial charge is 0.324 e. The minimum atomic E-state index is -0.786. The van der Waals surface area contributed by atoms with E-state index < -0.39 is 29.4 Å². The van der Waals surface area contributed by atoms with Crippen molar-refractivity contribution in [3.8, 4) is 28.1 Å². The molecule has 4 aliphatic heterocycles. The van der Waals surface area contributed by atoms with Gasteiger partial charge in [-0.3, -0.25) is 34.0 Å². The van der Waals surface area contributed by atoms with E-state index in [-0.39, 0.29) is 51.8 Å². The lowest BCUT2D eigenvalue weighted by Gasteiger charge is -2.37. The largest absolute Gasteiger partial charge is 0.508 e. The van der Waals surface area contributed by atoms with Crippen LogP contribution in [0.5, 0.6) is 5.75 Å². The van der Waals surface area contributed by atoms with Crippen LogP contribution in [-0.4, -0.2) is 127 Å². The maximum Gasteiger partial charge on any atom is 0.324 e. The average Bonchev–Trinajstić information content (AvgIpc) is 3.66. The van der Waals surface area contributed by atoms with Gasteiger partial charge in [0, 0.05) is 76.7 Å². The van der Waals surface area contributed by atoms with Crippen molar-refractivity contribution >= 4 is 57.2 Å². The minimum Gasteiger partial charge on any atom is -0.508 e. The number of rotatable bonds is 11. The Bertz CT molecular complexity index is 2750. The number of ether oxygens (including phenoxy) is 1. The normalized spacial score (nSPS) is 24.3. The number of aromatic hydroxyl groups is 1. The van der Waals surface area contributed by atoms with Gasteiger partial charge in [0.2, 0.25) is 17.7 Å². The number of fused-ring (bicyclic) bond motifs is 6. The number of likely N-dealkylation sites (tertiary alicyclic amines) is 1. The van der Waals surface area contributed by atoms with Gasteiger partial charge in [0.15, 0.2) is 0 Å². The van der Waals surface area contributed by atoms with Gasteiger partial charge >= 0.3 is 5.97 Å². The third-order valence-electron chi connectivity index (χ3n) is 15.7. The molecule has 6 bridgehead atoms. The molecule has 3 amide bonds. The zero-order valence-corrected chi connectivity index (χ0v) is 44.8. The molecule has 5 atom stereocenters. The molecule has 13 nitrogen and oxygen atoms in total. The first-order valence-electron chi connectivity index (χ1n) is 25.7. The Morgan fingerprint density at radius 2 is 1.76 bits per heavy atom. The van der Waals surface area contributed by atoms with Crippen molar-refractivity contribution in [2.24, 2.45) is 23.2 Å². The van der Waals surface area contributed by atoms with Gasteiger partial charge in [-0.25, -0.2) is 5.43 Å². The number of phenols is 1. The number of phenolic OH excluding ortho intramolecular Hbond substituents is 1. The van der Waals surface area contributed by atoms with Crippen molar-refractivity contribution in [2.45, 2.75) is 108 Å². The Morgan fingerprint density at radius 3 is 2.49 bits per heavy atom. The molecule has 4 aromatic rings. The molecule has 1 unspecified atom stereocenters. The highest BCUT2D eigenvalue weighted by Gasteiger charge is 2.48. The molecule has 0 radical (unpaired) electrons. The minimum absolute atomic E-state index is 0.0482. The lowest BCUT2D eigenvalue weighted by molar-refractivity contribution is -0.155. The molecule has 1 aliphatic carbocycles. The Morgan fingerprint density at radius 1 is 1.00 bits per heavy atom. The number of cyclic esters (lactones) is 1. The van der Waals surface area contributed by atoms with Gasteiger partial charge in [0.1, 0.15) is 11.8 Å². The second-order valence-corrected chi connectivity index (χ2v) is 24.7. The number of hydrogen-bond donors (Lipinski definition) is 2. The van der Waals surface area contributed by atoms with E-state index in [0.717, 1.165) is 72.1 Å². The van der Waals surface area contributed by atoms with Crippen LogP contribution in [0.1, 0.15) is 82.9 Å². The summed E-state index contributed by atoms with van der Waals surface area (Å²) in [6, 6.07) is 19.6. The van der Waals surface area contributed by atoms with E-state index in [2.05, 4.69) is 139 Å². The number of hydrogen-bond acceptors (Lipinski definition) is 9. The molecule has 0 spiro atoms. The zero-order valence-electron chi connectivity index (χ0n) is 42.7. The SMILES string of the molecule is C=CC(=O)N1C[C@@H](CN(C)[C@H](C(=O)N2C=C2C2Cc3cc(O)cc(c3)-c3ccc4c(c3)c(c(-c3ccccc3CN(C)C)n4CC)CC(C)(C)COC(=O)[C@@H]3CCCN(N3)C2=O)C2CCCC2)[C@](C)(I)C1. The number of alkyl halides is 1. The average molecular weight is 1080 g/mol. The van der Waals surface area contributed by atoms with Gasteiger partial charge in [-0.15, -0.1) is 0 Å². The molecule has 3 fully saturated rings. The first kappa shape index (κ1) is 50.9. The molecule has 1 saturated carbocycles. The first-order chi connectivity index (χ1) is 33.9. The number of esters is 1. The van der Waals surface area contributed by atoms with Crippen molar-refractivity contribution in [3.05, 3.63) is 102 Å². The van der Waals surface area contributed by atoms with Crippen molar-refractivity contribution in [3.63, 3.8) is 0 Å². The van der Waals surface area contributed by atoms with Crippen LogP contribution in [0.25, 0.3) is 33.3 Å². The van der Waals surface area contributed by atoms with E-state index in [1.807, 2.05) is 18.1 Å². The third kappa shape index (κ3) is 10.6. The molecule has 71 heavy (non-hydrogen) atoms. The Hall–Kier alpha value is -5.03. The van der Waals surface area contributed by atoms with Gasteiger partial charge < -0.3 is 24.2 Å². The topological polar surface area (TPSA) is 131 Å². The molecule has 1 aromatic heterocycles. The number of carbonyl (C=O) groups is 4. The van der Waals surface area contributed by atoms with Gasteiger partial charge in [-0.1, -0.05) is 92.3 Å². The van der Waals surface area contributed by atoms with Crippen LogP contribution in [0.3, 0.4) is 0 Å². The zero-order chi connectivity index (χ0) is 50.5. The summed E-state index contributed by atoms with van der Waals surface area (Å²) in [7, 11) is 6.21. The number of carbonyl (C=O) groups excluding carboxylic acids is 4. The van der Waals surface area contributed by atoms with Crippen LogP contribution in [0.2, 0.25) is 0 Å². The van der Waals surface area contributed by atoms with Gasteiger partial charge in [-0.05, 0) is 138 Å². The number of likely N-dealkylation sites (N-methyl/N-ethyl adjacent to an activating group) is 1. The van der Waals surface area contributed by atoms with Crippen LogP contribution in [0, 0.1) is 23.2 Å². The highest BCUT2D eigenvalue weighted by molar-refractivity contribution is 14.1. The number of benzene rings is 3. The fraction of sp³-hybridized carbons (Fsp3) is 0.509. The number of aryl methyl sites for hydroxylation is 1. The van der Waals surface area contributed by atoms with Crippen LogP contribution in [0.15, 0.2) is 85.2 Å². The van der Waals surface area contributed by atoms with E-state index in [1.54, 1.807) is 22.0 Å². The van der Waals surface area contributed by atoms with Crippen LogP contribution < -0.4 is 5.43 Å². The van der Waals surface area contributed by atoms with E-state index in [0.29, 0.717) is 51.1 Å². The quantitative estimate of drug-likeness (QED) is 0.0657. The number of aromatic nitrogens is 1. The van der Waals surface area contributed by atoms with Crippen molar-refractivity contribution in [1.82, 2.24) is 34.6 Å². The Kier molecular flexibility index (Phi) is 14.7.